The van der Waals surface area contributed by atoms with E-state index >= 15 is 0 Å². The summed E-state index contributed by atoms with van der Waals surface area (Å²) in [6.45, 7) is 11.8. The molecule has 0 unspecified atom stereocenters. The molecule has 2 rings (SSSR count). The number of rotatable bonds is 6. The van der Waals surface area contributed by atoms with Crippen molar-refractivity contribution in [3.63, 3.8) is 0 Å². The van der Waals surface area contributed by atoms with Crippen LogP contribution in [0.5, 0.6) is 11.5 Å². The maximum absolute atomic E-state index is 12.4. The van der Waals surface area contributed by atoms with E-state index in [0.717, 1.165) is 0 Å². The SMILES string of the molecule is CC(C)(C)Oc1ccc(C(=O)CC(=O)c2ccc(OC(C)(C)C)cc2)cc1. The first-order valence-electron chi connectivity index (χ1n) is 9.07. The van der Waals surface area contributed by atoms with Gasteiger partial charge in [-0.15, -0.1) is 0 Å². The van der Waals surface area contributed by atoms with Gasteiger partial charge in [0, 0.05) is 11.1 Å². The first-order chi connectivity index (χ1) is 12.4. The second kappa shape index (κ2) is 7.95. The monoisotopic (exact) mass is 368 g/mol. The molecule has 27 heavy (non-hydrogen) atoms. The molecule has 2 aromatic carbocycles. The predicted molar refractivity (Wildman–Crippen MR) is 107 cm³/mol. The number of carbonyl (C=O) groups is 2. The fourth-order valence-corrected chi connectivity index (χ4v) is 2.47. The Bertz CT molecular complexity index is 719. The summed E-state index contributed by atoms with van der Waals surface area (Å²) in [7, 11) is 0. The number of Topliss-reactive ketones (excluding diaryl/α,β-unsaturated/α-hetero) is 2. The Kier molecular flexibility index (Phi) is 6.09. The van der Waals surface area contributed by atoms with Gasteiger partial charge in [-0.2, -0.15) is 0 Å². The first-order valence-corrected chi connectivity index (χ1v) is 9.07. The average Bonchev–Trinajstić information content (AvgIpc) is 2.53. The molecular formula is C23H28O4. The van der Waals surface area contributed by atoms with Crippen LogP contribution in [0.3, 0.4) is 0 Å². The van der Waals surface area contributed by atoms with Crippen molar-refractivity contribution in [3.05, 3.63) is 59.7 Å². The summed E-state index contributed by atoms with van der Waals surface area (Å²) in [5, 5.41) is 0. The molecule has 0 atom stereocenters. The van der Waals surface area contributed by atoms with Crippen LogP contribution in [0.1, 0.15) is 68.7 Å². The van der Waals surface area contributed by atoms with Crippen LogP contribution in [0.2, 0.25) is 0 Å². The molecule has 0 aliphatic rings. The smallest absolute Gasteiger partial charge is 0.170 e. The van der Waals surface area contributed by atoms with Crippen LogP contribution < -0.4 is 9.47 Å². The molecule has 0 spiro atoms. The zero-order chi connectivity index (χ0) is 20.2. The van der Waals surface area contributed by atoms with E-state index in [1.807, 2.05) is 41.5 Å². The van der Waals surface area contributed by atoms with Crippen LogP contribution in [-0.2, 0) is 0 Å². The Morgan fingerprint density at radius 2 is 0.926 bits per heavy atom. The fraction of sp³-hybridized carbons (Fsp3) is 0.391. The van der Waals surface area contributed by atoms with E-state index in [-0.39, 0.29) is 29.2 Å². The Morgan fingerprint density at radius 1 is 0.630 bits per heavy atom. The minimum Gasteiger partial charge on any atom is -0.488 e. The number of ether oxygens (including phenoxy) is 2. The van der Waals surface area contributed by atoms with E-state index in [2.05, 4.69) is 0 Å². The lowest BCUT2D eigenvalue weighted by Gasteiger charge is -2.21. The van der Waals surface area contributed by atoms with Gasteiger partial charge >= 0.3 is 0 Å². The molecular weight excluding hydrogens is 340 g/mol. The van der Waals surface area contributed by atoms with E-state index in [4.69, 9.17) is 9.47 Å². The highest BCUT2D eigenvalue weighted by atomic mass is 16.5. The number of hydrogen-bond donors (Lipinski definition) is 0. The molecule has 4 heteroatoms. The molecule has 0 aromatic heterocycles. The Morgan fingerprint density at radius 3 is 1.19 bits per heavy atom. The molecule has 4 nitrogen and oxygen atoms in total. The summed E-state index contributed by atoms with van der Waals surface area (Å²) in [6.07, 6.45) is -0.168. The fourth-order valence-electron chi connectivity index (χ4n) is 2.47. The van der Waals surface area contributed by atoms with E-state index in [1.54, 1.807) is 48.5 Å². The zero-order valence-electron chi connectivity index (χ0n) is 17.0. The van der Waals surface area contributed by atoms with Gasteiger partial charge < -0.3 is 9.47 Å². The second-order valence-electron chi connectivity index (χ2n) is 8.50. The van der Waals surface area contributed by atoms with Gasteiger partial charge in [-0.3, -0.25) is 9.59 Å². The standard InChI is InChI=1S/C23H28O4/c1-22(2,3)26-18-11-7-16(8-12-18)20(24)15-21(25)17-9-13-19(14-10-17)27-23(4,5)6/h7-14H,15H2,1-6H3. The molecule has 0 saturated heterocycles. The van der Waals surface area contributed by atoms with E-state index in [0.29, 0.717) is 22.6 Å². The van der Waals surface area contributed by atoms with Crippen molar-refractivity contribution in [1.82, 2.24) is 0 Å². The van der Waals surface area contributed by atoms with E-state index in [9.17, 15) is 9.59 Å². The summed E-state index contributed by atoms with van der Waals surface area (Å²) >= 11 is 0. The van der Waals surface area contributed by atoms with Crippen molar-refractivity contribution in [2.24, 2.45) is 0 Å². The molecule has 0 fully saturated rings. The van der Waals surface area contributed by atoms with Gasteiger partial charge in [0.1, 0.15) is 22.7 Å². The van der Waals surface area contributed by atoms with Gasteiger partial charge in [0.2, 0.25) is 0 Å². The lowest BCUT2D eigenvalue weighted by molar-refractivity contribution is 0.0894. The van der Waals surface area contributed by atoms with Crippen LogP contribution in [0.4, 0.5) is 0 Å². The quantitative estimate of drug-likeness (QED) is 0.499. The molecule has 0 saturated carbocycles. The third-order valence-electron chi connectivity index (χ3n) is 3.52. The number of carbonyl (C=O) groups excluding carboxylic acids is 2. The average molecular weight is 368 g/mol. The number of hydrogen-bond acceptors (Lipinski definition) is 4. The molecule has 144 valence electrons. The maximum Gasteiger partial charge on any atom is 0.170 e. The van der Waals surface area contributed by atoms with Crippen molar-refractivity contribution in [2.45, 2.75) is 59.2 Å². The lowest BCUT2D eigenvalue weighted by Crippen LogP contribution is -2.23. The Labute approximate surface area is 161 Å². The van der Waals surface area contributed by atoms with Gasteiger partial charge in [-0.25, -0.2) is 0 Å². The second-order valence-corrected chi connectivity index (χ2v) is 8.50. The molecule has 0 aliphatic carbocycles. The highest BCUT2D eigenvalue weighted by Gasteiger charge is 2.16. The Balaban J connectivity index is 1.99. The highest BCUT2D eigenvalue weighted by Crippen LogP contribution is 2.21. The van der Waals surface area contributed by atoms with Crippen LogP contribution in [0.15, 0.2) is 48.5 Å². The normalized spacial score (nSPS) is 11.8. The topological polar surface area (TPSA) is 52.6 Å². The highest BCUT2D eigenvalue weighted by molar-refractivity contribution is 6.13. The minimum atomic E-state index is -0.301. The molecule has 2 aromatic rings. The summed E-state index contributed by atoms with van der Waals surface area (Å²) in [4.78, 5) is 24.8. The zero-order valence-corrected chi connectivity index (χ0v) is 17.0. The molecule has 0 radical (unpaired) electrons. The Hall–Kier alpha value is -2.62. The first kappa shape index (κ1) is 20.7. The largest absolute Gasteiger partial charge is 0.488 e. The lowest BCUT2D eigenvalue weighted by atomic mass is 10.0. The molecule has 0 N–H and O–H groups in total. The van der Waals surface area contributed by atoms with Gasteiger partial charge in [-0.05, 0) is 90.1 Å². The molecule has 0 bridgehead atoms. The minimum absolute atomic E-state index is 0.168. The summed E-state index contributed by atoms with van der Waals surface area (Å²) in [6, 6.07) is 13.8. The van der Waals surface area contributed by atoms with Crippen LogP contribution >= 0.6 is 0 Å². The van der Waals surface area contributed by atoms with Gasteiger partial charge in [0.05, 0.1) is 6.42 Å². The van der Waals surface area contributed by atoms with Crippen molar-refractivity contribution in [2.75, 3.05) is 0 Å². The van der Waals surface area contributed by atoms with Gasteiger partial charge in [0.15, 0.2) is 11.6 Å². The van der Waals surface area contributed by atoms with E-state index < -0.39 is 0 Å². The van der Waals surface area contributed by atoms with Gasteiger partial charge in [0.25, 0.3) is 0 Å². The molecule has 0 heterocycles. The predicted octanol–water partition coefficient (Wildman–Crippen LogP) is 5.50. The van der Waals surface area contributed by atoms with Crippen LogP contribution in [-0.4, -0.2) is 22.8 Å². The maximum atomic E-state index is 12.4. The van der Waals surface area contributed by atoms with Crippen molar-refractivity contribution in [3.8, 4) is 11.5 Å². The number of benzene rings is 2. The van der Waals surface area contributed by atoms with Crippen molar-refractivity contribution < 1.29 is 19.1 Å². The van der Waals surface area contributed by atoms with Crippen LogP contribution in [0, 0.1) is 0 Å². The molecule has 0 amide bonds. The summed E-state index contributed by atoms with van der Waals surface area (Å²) in [5.41, 5.74) is 0.393. The van der Waals surface area contributed by atoms with Crippen LogP contribution in [0.25, 0.3) is 0 Å². The third-order valence-corrected chi connectivity index (χ3v) is 3.52. The van der Waals surface area contributed by atoms with E-state index in [1.165, 1.54) is 0 Å². The van der Waals surface area contributed by atoms with Crippen molar-refractivity contribution >= 4 is 11.6 Å². The summed E-state index contributed by atoms with van der Waals surface area (Å²) < 4.78 is 11.5. The number of ketones is 2. The third kappa shape index (κ3) is 6.89. The summed E-state index contributed by atoms with van der Waals surface area (Å²) in [5.74, 6) is 0.967. The molecule has 0 aliphatic heterocycles. The van der Waals surface area contributed by atoms with Gasteiger partial charge in [-0.1, -0.05) is 0 Å². The van der Waals surface area contributed by atoms with Crippen molar-refractivity contribution in [1.29, 1.82) is 0 Å².